The number of esters is 1. The van der Waals surface area contributed by atoms with Crippen LogP contribution in [0.2, 0.25) is 0 Å². The Hall–Kier alpha value is -3.40. The highest BCUT2D eigenvalue weighted by Crippen LogP contribution is 2.28. The van der Waals surface area contributed by atoms with E-state index in [0.29, 0.717) is 19.4 Å². The summed E-state index contributed by atoms with van der Waals surface area (Å²) in [6, 6.07) is 22.2. The number of ketones is 1. The molecule has 0 aliphatic carbocycles. The minimum Gasteiger partial charge on any atom is -0.489 e. The fourth-order valence-corrected chi connectivity index (χ4v) is 4.28. The zero-order chi connectivity index (χ0) is 24.7. The van der Waals surface area contributed by atoms with Crippen LogP contribution in [0.1, 0.15) is 40.3 Å². The van der Waals surface area contributed by atoms with Gasteiger partial charge >= 0.3 is 5.97 Å². The van der Waals surface area contributed by atoms with Crippen molar-refractivity contribution in [1.29, 1.82) is 0 Å². The largest absolute Gasteiger partial charge is 0.489 e. The molecule has 0 bridgehead atoms. The lowest BCUT2D eigenvalue weighted by Gasteiger charge is -2.24. The van der Waals surface area contributed by atoms with Crippen molar-refractivity contribution in [3.8, 4) is 5.75 Å². The molecule has 3 aromatic carbocycles. The maximum atomic E-state index is 12.8. The van der Waals surface area contributed by atoms with Gasteiger partial charge in [-0.3, -0.25) is 9.59 Å². The van der Waals surface area contributed by atoms with Gasteiger partial charge in [0.25, 0.3) is 0 Å². The molecule has 2 atom stereocenters. The highest BCUT2D eigenvalue weighted by molar-refractivity contribution is 5.85. The predicted molar refractivity (Wildman–Crippen MR) is 135 cm³/mol. The topological polar surface area (TPSA) is 52.6 Å². The van der Waals surface area contributed by atoms with Gasteiger partial charge in [0.05, 0.1) is 13.0 Å². The second kappa shape index (κ2) is 11.6. The van der Waals surface area contributed by atoms with Crippen LogP contribution in [0.4, 0.5) is 0 Å². The molecule has 3 aromatic rings. The van der Waals surface area contributed by atoms with Gasteiger partial charge in [-0.2, -0.15) is 0 Å². The van der Waals surface area contributed by atoms with E-state index in [-0.39, 0.29) is 11.8 Å². The highest BCUT2D eigenvalue weighted by Gasteiger charge is 2.33. The summed E-state index contributed by atoms with van der Waals surface area (Å²) in [5.41, 5.74) is 6.51. The van der Waals surface area contributed by atoms with Crippen LogP contribution in [0.5, 0.6) is 5.75 Å². The predicted octanol–water partition coefficient (Wildman–Crippen LogP) is 5.97. The first-order valence-corrected chi connectivity index (χ1v) is 11.7. The van der Waals surface area contributed by atoms with Gasteiger partial charge in [-0.15, -0.1) is 0 Å². The minimum atomic E-state index is -0.543. The van der Waals surface area contributed by atoms with Crippen LogP contribution < -0.4 is 4.74 Å². The zero-order valence-electron chi connectivity index (χ0n) is 20.8. The van der Waals surface area contributed by atoms with E-state index < -0.39 is 11.8 Å². The Bertz CT molecular complexity index is 1130. The second-order valence-electron chi connectivity index (χ2n) is 9.05. The third kappa shape index (κ3) is 6.57. The number of hydrogen-bond acceptors (Lipinski definition) is 4. The standard InChI is InChI=1S/C30H34O4/c1-20-11-12-25(15-21(20)2)18-28(30(32)33-5)27(23(4)31)17-26-13-14-29(22(3)16-26)34-19-24-9-7-6-8-10-24/h6-16,27-28H,17-19H2,1-5H3/t27-,28+/m0/s1. The average Bonchev–Trinajstić information content (AvgIpc) is 2.83. The van der Waals surface area contributed by atoms with Crippen LogP contribution in [0.25, 0.3) is 0 Å². The van der Waals surface area contributed by atoms with Crippen molar-refractivity contribution in [3.05, 3.63) is 100 Å². The van der Waals surface area contributed by atoms with E-state index in [0.717, 1.165) is 28.0 Å². The lowest BCUT2D eigenvalue weighted by atomic mass is 9.80. The molecule has 4 heteroatoms. The molecule has 0 unspecified atom stereocenters. The number of hydrogen-bond donors (Lipinski definition) is 0. The summed E-state index contributed by atoms with van der Waals surface area (Å²) in [6.45, 7) is 8.17. The Morgan fingerprint density at radius 3 is 1.94 bits per heavy atom. The van der Waals surface area contributed by atoms with Gasteiger partial charge in [-0.1, -0.05) is 60.7 Å². The number of rotatable bonds is 10. The summed E-state index contributed by atoms with van der Waals surface area (Å²) in [7, 11) is 1.38. The molecule has 3 rings (SSSR count). The number of aryl methyl sites for hydroxylation is 3. The zero-order valence-corrected chi connectivity index (χ0v) is 20.8. The van der Waals surface area contributed by atoms with Crippen molar-refractivity contribution in [2.24, 2.45) is 11.8 Å². The number of ether oxygens (including phenoxy) is 2. The lowest BCUT2D eigenvalue weighted by molar-refractivity contribution is -0.149. The van der Waals surface area contributed by atoms with Crippen LogP contribution in [-0.2, 0) is 33.8 Å². The SMILES string of the molecule is COC(=O)[C@H](Cc1ccc(C)c(C)c1)[C@@H](Cc1ccc(OCc2ccccc2)c(C)c1)C(C)=O. The van der Waals surface area contributed by atoms with E-state index in [9.17, 15) is 9.59 Å². The maximum Gasteiger partial charge on any atom is 0.309 e. The third-order valence-corrected chi connectivity index (χ3v) is 6.47. The van der Waals surface area contributed by atoms with E-state index in [2.05, 4.69) is 26.0 Å². The Labute approximate surface area is 202 Å². The second-order valence-corrected chi connectivity index (χ2v) is 9.05. The molecular formula is C30H34O4. The third-order valence-electron chi connectivity index (χ3n) is 6.47. The molecule has 0 spiro atoms. The van der Waals surface area contributed by atoms with Crippen LogP contribution in [0.3, 0.4) is 0 Å². The van der Waals surface area contributed by atoms with Crippen molar-refractivity contribution in [2.45, 2.75) is 47.1 Å². The summed E-state index contributed by atoms with van der Waals surface area (Å²) < 4.78 is 11.1. The number of methoxy groups -OCH3 is 1. The maximum absolute atomic E-state index is 12.8. The van der Waals surface area contributed by atoms with Gasteiger partial charge in [0.2, 0.25) is 0 Å². The number of carbonyl (C=O) groups is 2. The molecule has 34 heavy (non-hydrogen) atoms. The summed E-state index contributed by atoms with van der Waals surface area (Å²) >= 11 is 0. The van der Waals surface area contributed by atoms with E-state index in [1.807, 2.05) is 61.5 Å². The van der Waals surface area contributed by atoms with Crippen LogP contribution in [-0.4, -0.2) is 18.9 Å². The Morgan fingerprint density at radius 2 is 1.35 bits per heavy atom. The highest BCUT2D eigenvalue weighted by atomic mass is 16.5. The Morgan fingerprint density at radius 1 is 0.735 bits per heavy atom. The van der Waals surface area contributed by atoms with Gasteiger partial charge < -0.3 is 9.47 Å². The van der Waals surface area contributed by atoms with Crippen molar-refractivity contribution >= 4 is 11.8 Å². The van der Waals surface area contributed by atoms with E-state index in [1.165, 1.54) is 18.2 Å². The smallest absolute Gasteiger partial charge is 0.309 e. The number of carbonyl (C=O) groups excluding carboxylic acids is 2. The van der Waals surface area contributed by atoms with Crippen molar-refractivity contribution < 1.29 is 19.1 Å². The molecule has 0 N–H and O–H groups in total. The fraction of sp³-hybridized carbons (Fsp3) is 0.333. The normalized spacial score (nSPS) is 12.6. The molecule has 0 heterocycles. The average molecular weight is 459 g/mol. The van der Waals surface area contributed by atoms with Crippen LogP contribution in [0.15, 0.2) is 66.7 Å². The lowest BCUT2D eigenvalue weighted by Crippen LogP contribution is -2.33. The van der Waals surface area contributed by atoms with Crippen LogP contribution in [0, 0.1) is 32.6 Å². The monoisotopic (exact) mass is 458 g/mol. The first-order valence-electron chi connectivity index (χ1n) is 11.7. The molecule has 0 aliphatic heterocycles. The van der Waals surface area contributed by atoms with Gasteiger partial charge in [0.15, 0.2) is 0 Å². The van der Waals surface area contributed by atoms with Gasteiger partial charge in [-0.05, 0) is 80.0 Å². The molecule has 178 valence electrons. The Balaban J connectivity index is 1.78. The molecule has 4 nitrogen and oxygen atoms in total. The fourth-order valence-electron chi connectivity index (χ4n) is 4.28. The first-order chi connectivity index (χ1) is 16.3. The summed E-state index contributed by atoms with van der Waals surface area (Å²) in [6.07, 6.45) is 0.940. The molecule has 0 saturated carbocycles. The van der Waals surface area contributed by atoms with E-state index in [4.69, 9.17) is 9.47 Å². The summed E-state index contributed by atoms with van der Waals surface area (Å²) in [5.74, 6) is -0.561. The summed E-state index contributed by atoms with van der Waals surface area (Å²) in [4.78, 5) is 25.5. The molecular weight excluding hydrogens is 424 g/mol. The van der Waals surface area contributed by atoms with E-state index >= 15 is 0 Å². The minimum absolute atomic E-state index is 0.0127. The van der Waals surface area contributed by atoms with Gasteiger partial charge in [0, 0.05) is 5.92 Å². The van der Waals surface area contributed by atoms with Crippen LogP contribution >= 0.6 is 0 Å². The Kier molecular flexibility index (Phi) is 8.64. The molecule has 0 aromatic heterocycles. The quantitative estimate of drug-likeness (QED) is 0.351. The summed E-state index contributed by atoms with van der Waals surface area (Å²) in [5, 5.41) is 0. The number of Topliss-reactive ketones (excluding diaryl/α,β-unsaturated/α-hetero) is 1. The molecule has 0 saturated heterocycles. The van der Waals surface area contributed by atoms with Gasteiger partial charge in [0.1, 0.15) is 18.1 Å². The molecule has 0 aliphatic rings. The van der Waals surface area contributed by atoms with E-state index in [1.54, 1.807) is 6.92 Å². The molecule has 0 amide bonds. The van der Waals surface area contributed by atoms with Crippen molar-refractivity contribution in [3.63, 3.8) is 0 Å². The molecule has 0 fully saturated rings. The van der Waals surface area contributed by atoms with Crippen molar-refractivity contribution in [1.82, 2.24) is 0 Å². The number of benzene rings is 3. The van der Waals surface area contributed by atoms with Crippen molar-refractivity contribution in [2.75, 3.05) is 7.11 Å². The molecule has 0 radical (unpaired) electrons. The first kappa shape index (κ1) is 25.2. The van der Waals surface area contributed by atoms with Gasteiger partial charge in [-0.25, -0.2) is 0 Å².